The highest BCUT2D eigenvalue weighted by Crippen LogP contribution is 2.24. The number of aromatic nitrogens is 2. The highest BCUT2D eigenvalue weighted by Gasteiger charge is 2.17. The van der Waals surface area contributed by atoms with Gasteiger partial charge in [0.05, 0.1) is 11.9 Å². The van der Waals surface area contributed by atoms with E-state index < -0.39 is 0 Å². The Kier molecular flexibility index (Phi) is 2.46. The van der Waals surface area contributed by atoms with Crippen LogP contribution in [0.1, 0.15) is 12.8 Å². The minimum Gasteiger partial charge on any atom is -0.369 e. The molecule has 0 unspecified atom stereocenters. The fourth-order valence-electron chi connectivity index (χ4n) is 1.68. The Morgan fingerprint density at radius 3 is 2.71 bits per heavy atom. The normalized spacial score (nSPS) is 16.3. The predicted molar refractivity (Wildman–Crippen MR) is 55.9 cm³/mol. The lowest BCUT2D eigenvalue weighted by molar-refractivity contribution is 0.704. The quantitative estimate of drug-likeness (QED) is 0.700. The van der Waals surface area contributed by atoms with Gasteiger partial charge in [-0.25, -0.2) is 4.68 Å². The van der Waals surface area contributed by atoms with Crippen molar-refractivity contribution >= 4 is 17.3 Å². The smallest absolute Gasteiger partial charge is 0.287 e. The molecule has 0 radical (unpaired) electrons. The van der Waals surface area contributed by atoms with Crippen LogP contribution in [0, 0.1) is 0 Å². The lowest BCUT2D eigenvalue weighted by Crippen LogP contribution is -2.25. The maximum Gasteiger partial charge on any atom is 0.287 e. The number of nitrogens with zero attached hydrogens (tertiary/aromatic N) is 3. The molecule has 14 heavy (non-hydrogen) atoms. The molecule has 1 aliphatic rings. The Morgan fingerprint density at radius 1 is 1.43 bits per heavy atom. The molecule has 2 heterocycles. The fraction of sp³-hybridized carbons (Fsp3) is 0.556. The molecule has 4 nitrogen and oxygen atoms in total. The van der Waals surface area contributed by atoms with Crippen LogP contribution in [0.25, 0.3) is 0 Å². The van der Waals surface area contributed by atoms with E-state index in [0.29, 0.717) is 0 Å². The van der Waals surface area contributed by atoms with E-state index in [0.717, 1.165) is 31.6 Å². The Hall–Kier alpha value is -1.03. The summed E-state index contributed by atoms with van der Waals surface area (Å²) in [5.74, 6) is 0. The molecule has 1 aromatic rings. The van der Waals surface area contributed by atoms with E-state index in [4.69, 9.17) is 11.6 Å². The van der Waals surface area contributed by atoms with Gasteiger partial charge in [0.1, 0.15) is 5.02 Å². The van der Waals surface area contributed by atoms with Gasteiger partial charge in [-0.05, 0) is 12.8 Å². The lowest BCUT2D eigenvalue weighted by Gasteiger charge is -2.18. The first-order valence-corrected chi connectivity index (χ1v) is 5.04. The van der Waals surface area contributed by atoms with Crippen LogP contribution in [0.15, 0.2) is 11.0 Å². The molecule has 1 aliphatic heterocycles. The van der Waals surface area contributed by atoms with Gasteiger partial charge in [0, 0.05) is 20.1 Å². The summed E-state index contributed by atoms with van der Waals surface area (Å²) in [6.45, 7) is 1.93. The molecule has 1 saturated heterocycles. The Labute approximate surface area is 87.1 Å². The third-order valence-corrected chi connectivity index (χ3v) is 2.86. The van der Waals surface area contributed by atoms with E-state index in [1.54, 1.807) is 13.2 Å². The van der Waals surface area contributed by atoms with Gasteiger partial charge in [0.25, 0.3) is 5.56 Å². The summed E-state index contributed by atoms with van der Waals surface area (Å²) in [5.41, 5.74) is 0.545. The largest absolute Gasteiger partial charge is 0.369 e. The molecule has 2 rings (SSSR count). The molecular formula is C9H12ClN3O. The standard InChI is InChI=1S/C9H12ClN3O/c1-12-9(14)8(10)7(6-11-12)13-4-2-3-5-13/h6H,2-5H2,1H3. The van der Waals surface area contributed by atoms with Crippen LogP contribution < -0.4 is 10.5 Å². The van der Waals surface area contributed by atoms with Gasteiger partial charge in [-0.1, -0.05) is 11.6 Å². The second kappa shape index (κ2) is 3.61. The number of hydrogen-bond acceptors (Lipinski definition) is 3. The third-order valence-electron chi connectivity index (χ3n) is 2.51. The molecule has 0 N–H and O–H groups in total. The topological polar surface area (TPSA) is 38.1 Å². The Bertz CT molecular complexity index is 396. The van der Waals surface area contributed by atoms with Gasteiger partial charge in [0.2, 0.25) is 0 Å². The van der Waals surface area contributed by atoms with E-state index in [-0.39, 0.29) is 10.6 Å². The molecule has 76 valence electrons. The highest BCUT2D eigenvalue weighted by molar-refractivity contribution is 6.33. The van der Waals surface area contributed by atoms with Crippen LogP contribution in [0.2, 0.25) is 5.02 Å². The lowest BCUT2D eigenvalue weighted by atomic mass is 10.4. The average Bonchev–Trinajstić information content (AvgIpc) is 2.67. The second-order valence-electron chi connectivity index (χ2n) is 3.47. The Morgan fingerprint density at radius 2 is 2.07 bits per heavy atom. The molecule has 0 amide bonds. The number of anilines is 1. The zero-order chi connectivity index (χ0) is 10.1. The molecule has 0 aliphatic carbocycles. The van der Waals surface area contributed by atoms with Crippen LogP contribution in [0.5, 0.6) is 0 Å². The molecule has 0 saturated carbocycles. The van der Waals surface area contributed by atoms with Gasteiger partial charge in [-0.15, -0.1) is 0 Å². The maximum absolute atomic E-state index is 11.5. The van der Waals surface area contributed by atoms with E-state index in [1.165, 1.54) is 4.68 Å². The zero-order valence-corrected chi connectivity index (χ0v) is 8.79. The summed E-state index contributed by atoms with van der Waals surface area (Å²) in [6, 6.07) is 0. The summed E-state index contributed by atoms with van der Waals surface area (Å²) >= 11 is 5.96. The minimum absolute atomic E-state index is 0.226. The van der Waals surface area contributed by atoms with E-state index >= 15 is 0 Å². The second-order valence-corrected chi connectivity index (χ2v) is 3.84. The summed E-state index contributed by atoms with van der Waals surface area (Å²) in [4.78, 5) is 13.6. The molecule has 0 atom stereocenters. The molecular weight excluding hydrogens is 202 g/mol. The van der Waals surface area contributed by atoms with Crippen LogP contribution in [-0.2, 0) is 7.05 Å². The van der Waals surface area contributed by atoms with Gasteiger partial charge in [-0.2, -0.15) is 5.10 Å². The van der Waals surface area contributed by atoms with Crippen molar-refractivity contribution in [3.8, 4) is 0 Å². The number of aryl methyl sites for hydroxylation is 1. The SMILES string of the molecule is Cn1ncc(N2CCCC2)c(Cl)c1=O. The van der Waals surface area contributed by atoms with Crippen LogP contribution in [0.3, 0.4) is 0 Å². The van der Waals surface area contributed by atoms with Gasteiger partial charge in [0.15, 0.2) is 0 Å². The van der Waals surface area contributed by atoms with Gasteiger partial charge in [-0.3, -0.25) is 4.79 Å². The molecule has 0 bridgehead atoms. The van der Waals surface area contributed by atoms with Crippen molar-refractivity contribution in [1.29, 1.82) is 0 Å². The molecule has 0 spiro atoms. The van der Waals surface area contributed by atoms with Crippen molar-refractivity contribution in [2.24, 2.45) is 7.05 Å². The van der Waals surface area contributed by atoms with Crippen LogP contribution >= 0.6 is 11.6 Å². The number of halogens is 1. The van der Waals surface area contributed by atoms with Gasteiger partial charge < -0.3 is 4.90 Å². The van der Waals surface area contributed by atoms with Crippen molar-refractivity contribution in [3.63, 3.8) is 0 Å². The molecule has 0 aromatic carbocycles. The van der Waals surface area contributed by atoms with E-state index in [9.17, 15) is 4.79 Å². The first-order valence-electron chi connectivity index (χ1n) is 4.67. The third kappa shape index (κ3) is 1.50. The summed E-state index contributed by atoms with van der Waals surface area (Å²) in [7, 11) is 1.60. The fourth-order valence-corrected chi connectivity index (χ4v) is 1.97. The number of hydrogen-bond donors (Lipinski definition) is 0. The summed E-state index contributed by atoms with van der Waals surface area (Å²) in [6.07, 6.45) is 3.98. The van der Waals surface area contributed by atoms with Crippen molar-refractivity contribution < 1.29 is 0 Å². The monoisotopic (exact) mass is 213 g/mol. The van der Waals surface area contributed by atoms with E-state index in [2.05, 4.69) is 10.00 Å². The summed E-state index contributed by atoms with van der Waals surface area (Å²) in [5, 5.41) is 4.24. The van der Waals surface area contributed by atoms with Crippen LogP contribution in [-0.4, -0.2) is 22.9 Å². The Balaban J connectivity index is 2.43. The minimum atomic E-state index is -0.226. The van der Waals surface area contributed by atoms with Crippen molar-refractivity contribution in [2.75, 3.05) is 18.0 Å². The van der Waals surface area contributed by atoms with Crippen molar-refractivity contribution in [2.45, 2.75) is 12.8 Å². The first kappa shape index (κ1) is 9.52. The van der Waals surface area contributed by atoms with Crippen molar-refractivity contribution in [1.82, 2.24) is 9.78 Å². The van der Waals surface area contributed by atoms with Gasteiger partial charge >= 0.3 is 0 Å². The average molecular weight is 214 g/mol. The first-order chi connectivity index (χ1) is 6.70. The molecule has 5 heteroatoms. The predicted octanol–water partition coefficient (Wildman–Crippen LogP) is 1.03. The summed E-state index contributed by atoms with van der Waals surface area (Å²) < 4.78 is 1.25. The highest BCUT2D eigenvalue weighted by atomic mass is 35.5. The molecule has 1 fully saturated rings. The van der Waals surface area contributed by atoms with Crippen molar-refractivity contribution in [3.05, 3.63) is 21.6 Å². The molecule has 1 aromatic heterocycles. The number of rotatable bonds is 1. The maximum atomic E-state index is 11.5. The van der Waals surface area contributed by atoms with E-state index in [1.807, 2.05) is 0 Å². The zero-order valence-electron chi connectivity index (χ0n) is 8.03. The van der Waals surface area contributed by atoms with Crippen LogP contribution in [0.4, 0.5) is 5.69 Å².